The first-order valence-corrected chi connectivity index (χ1v) is 7.05. The van der Waals surface area contributed by atoms with Gasteiger partial charge in [-0.05, 0) is 43.6 Å². The number of rotatable bonds is 3. The molecular formula is C14H14N4OS. The van der Waals surface area contributed by atoms with Crippen LogP contribution in [0.1, 0.15) is 17.0 Å². The van der Waals surface area contributed by atoms with E-state index in [9.17, 15) is 4.79 Å². The molecule has 0 bridgehead atoms. The molecule has 0 saturated heterocycles. The molecule has 0 fully saturated rings. The van der Waals surface area contributed by atoms with Gasteiger partial charge in [-0.3, -0.25) is 9.89 Å². The highest BCUT2D eigenvalue weighted by molar-refractivity contribution is 7.13. The van der Waals surface area contributed by atoms with E-state index in [0.717, 1.165) is 32.7 Å². The summed E-state index contributed by atoms with van der Waals surface area (Å²) in [5.74, 6) is -0.0415. The number of amides is 1. The van der Waals surface area contributed by atoms with E-state index >= 15 is 0 Å². The molecule has 1 amide bonds. The van der Waals surface area contributed by atoms with Crippen molar-refractivity contribution in [2.45, 2.75) is 20.3 Å². The third-order valence-electron chi connectivity index (χ3n) is 3.25. The molecule has 0 aliphatic carbocycles. The molecule has 0 saturated carbocycles. The summed E-state index contributed by atoms with van der Waals surface area (Å²) >= 11 is 1.45. The van der Waals surface area contributed by atoms with Crippen LogP contribution in [0.4, 0.5) is 5.69 Å². The fraction of sp³-hybridized carbons (Fsp3) is 0.214. The number of hydrogen-bond donors (Lipinski definition) is 2. The molecule has 1 aromatic carbocycles. The van der Waals surface area contributed by atoms with Gasteiger partial charge in [0.05, 0.1) is 16.8 Å². The summed E-state index contributed by atoms with van der Waals surface area (Å²) in [5.41, 5.74) is 3.56. The number of anilines is 1. The number of aromatic amines is 1. The van der Waals surface area contributed by atoms with E-state index in [-0.39, 0.29) is 5.91 Å². The molecule has 0 radical (unpaired) electrons. The lowest BCUT2D eigenvalue weighted by Gasteiger charge is -2.05. The van der Waals surface area contributed by atoms with Gasteiger partial charge in [-0.15, -0.1) is 0 Å². The van der Waals surface area contributed by atoms with Gasteiger partial charge in [0, 0.05) is 28.5 Å². The number of aromatic nitrogens is 3. The van der Waals surface area contributed by atoms with Gasteiger partial charge in [0.1, 0.15) is 0 Å². The minimum atomic E-state index is -0.0415. The van der Waals surface area contributed by atoms with E-state index in [0.29, 0.717) is 6.42 Å². The van der Waals surface area contributed by atoms with Gasteiger partial charge in [0.2, 0.25) is 5.91 Å². The molecule has 0 aliphatic rings. The number of hydrogen-bond acceptors (Lipinski definition) is 4. The number of nitrogens with one attached hydrogen (secondary N) is 2. The van der Waals surface area contributed by atoms with Gasteiger partial charge in [0.25, 0.3) is 0 Å². The van der Waals surface area contributed by atoms with Crippen molar-refractivity contribution in [1.82, 2.24) is 14.6 Å². The topological polar surface area (TPSA) is 70.7 Å². The molecule has 2 aromatic heterocycles. The molecule has 0 unspecified atom stereocenters. The fourth-order valence-electron chi connectivity index (χ4n) is 2.15. The van der Waals surface area contributed by atoms with E-state index in [1.54, 1.807) is 6.20 Å². The summed E-state index contributed by atoms with van der Waals surface area (Å²) < 4.78 is 5.24. The Bertz CT molecular complexity index is 755. The van der Waals surface area contributed by atoms with Crippen molar-refractivity contribution in [3.05, 3.63) is 41.3 Å². The van der Waals surface area contributed by atoms with E-state index in [4.69, 9.17) is 0 Å². The molecule has 3 rings (SSSR count). The Morgan fingerprint density at radius 3 is 3.00 bits per heavy atom. The largest absolute Gasteiger partial charge is 0.326 e. The SMILES string of the molecule is Cc1n[nH]c(C)c1CC(=O)Nc1ccc2sncc2c1. The van der Waals surface area contributed by atoms with Crippen molar-refractivity contribution < 1.29 is 4.79 Å². The lowest BCUT2D eigenvalue weighted by Crippen LogP contribution is -2.15. The Kier molecular flexibility index (Phi) is 3.23. The molecule has 3 aromatic rings. The Morgan fingerprint density at radius 2 is 2.25 bits per heavy atom. The predicted octanol–water partition coefficient (Wildman–Crippen LogP) is 2.82. The lowest BCUT2D eigenvalue weighted by atomic mass is 10.1. The first-order chi connectivity index (χ1) is 9.63. The van der Waals surface area contributed by atoms with Gasteiger partial charge in [-0.1, -0.05) is 0 Å². The number of benzene rings is 1. The number of nitrogens with zero attached hydrogens (tertiary/aromatic N) is 2. The molecule has 102 valence electrons. The summed E-state index contributed by atoms with van der Waals surface area (Å²) in [6.45, 7) is 3.82. The fourth-order valence-corrected chi connectivity index (χ4v) is 2.78. The van der Waals surface area contributed by atoms with Crippen molar-refractivity contribution >= 4 is 33.2 Å². The maximum Gasteiger partial charge on any atom is 0.228 e. The van der Waals surface area contributed by atoms with E-state index < -0.39 is 0 Å². The first kappa shape index (κ1) is 12.8. The minimum Gasteiger partial charge on any atom is -0.326 e. The predicted molar refractivity (Wildman–Crippen MR) is 80.0 cm³/mol. The summed E-state index contributed by atoms with van der Waals surface area (Å²) in [5, 5.41) is 10.9. The second kappa shape index (κ2) is 5.05. The summed E-state index contributed by atoms with van der Waals surface area (Å²) in [6.07, 6.45) is 2.13. The van der Waals surface area contributed by atoms with Crippen molar-refractivity contribution in [1.29, 1.82) is 0 Å². The van der Waals surface area contributed by atoms with Crippen LogP contribution in [-0.4, -0.2) is 20.5 Å². The second-order valence-electron chi connectivity index (χ2n) is 4.72. The summed E-state index contributed by atoms with van der Waals surface area (Å²) in [4.78, 5) is 12.1. The van der Waals surface area contributed by atoms with Crippen LogP contribution >= 0.6 is 11.5 Å². The highest BCUT2D eigenvalue weighted by atomic mass is 32.1. The van der Waals surface area contributed by atoms with Crippen LogP contribution in [0.5, 0.6) is 0 Å². The molecule has 0 aliphatic heterocycles. The maximum absolute atomic E-state index is 12.1. The van der Waals surface area contributed by atoms with Crippen molar-refractivity contribution in [2.24, 2.45) is 0 Å². The lowest BCUT2D eigenvalue weighted by molar-refractivity contribution is -0.115. The molecule has 20 heavy (non-hydrogen) atoms. The second-order valence-corrected chi connectivity index (χ2v) is 5.55. The monoisotopic (exact) mass is 286 g/mol. The molecule has 5 nitrogen and oxygen atoms in total. The zero-order valence-electron chi connectivity index (χ0n) is 11.2. The van der Waals surface area contributed by atoms with Crippen molar-refractivity contribution in [3.8, 4) is 0 Å². The van der Waals surface area contributed by atoms with Crippen LogP contribution in [0.2, 0.25) is 0 Å². The zero-order valence-corrected chi connectivity index (χ0v) is 12.0. The molecule has 0 atom stereocenters. The normalized spacial score (nSPS) is 10.9. The van der Waals surface area contributed by atoms with Crippen molar-refractivity contribution in [2.75, 3.05) is 5.32 Å². The van der Waals surface area contributed by atoms with E-state index in [1.165, 1.54) is 11.5 Å². The van der Waals surface area contributed by atoms with Gasteiger partial charge >= 0.3 is 0 Å². The van der Waals surface area contributed by atoms with Crippen LogP contribution in [0.25, 0.3) is 10.1 Å². The van der Waals surface area contributed by atoms with Gasteiger partial charge in [-0.25, -0.2) is 0 Å². The van der Waals surface area contributed by atoms with Gasteiger partial charge in [0.15, 0.2) is 0 Å². The van der Waals surface area contributed by atoms with Gasteiger partial charge in [-0.2, -0.15) is 9.47 Å². The van der Waals surface area contributed by atoms with Crippen LogP contribution in [0, 0.1) is 13.8 Å². The third kappa shape index (κ3) is 2.42. The highest BCUT2D eigenvalue weighted by Crippen LogP contribution is 2.22. The molecule has 2 heterocycles. The van der Waals surface area contributed by atoms with Crippen LogP contribution in [0.15, 0.2) is 24.4 Å². The van der Waals surface area contributed by atoms with Crippen LogP contribution in [-0.2, 0) is 11.2 Å². The summed E-state index contributed by atoms with van der Waals surface area (Å²) in [7, 11) is 0. The number of carbonyl (C=O) groups excluding carboxylic acids is 1. The number of fused-ring (bicyclic) bond motifs is 1. The molecular weight excluding hydrogens is 272 g/mol. The summed E-state index contributed by atoms with van der Waals surface area (Å²) in [6, 6.07) is 5.80. The van der Waals surface area contributed by atoms with E-state index in [2.05, 4.69) is 19.9 Å². The quantitative estimate of drug-likeness (QED) is 0.777. The average molecular weight is 286 g/mol. The maximum atomic E-state index is 12.1. The third-order valence-corrected chi connectivity index (χ3v) is 4.03. The average Bonchev–Trinajstić information content (AvgIpc) is 3.00. The Labute approximate surface area is 120 Å². The minimum absolute atomic E-state index is 0.0415. The highest BCUT2D eigenvalue weighted by Gasteiger charge is 2.11. The van der Waals surface area contributed by atoms with Crippen LogP contribution < -0.4 is 5.32 Å². The first-order valence-electron chi connectivity index (χ1n) is 6.28. The van der Waals surface area contributed by atoms with Crippen molar-refractivity contribution in [3.63, 3.8) is 0 Å². The number of carbonyl (C=O) groups is 1. The molecule has 0 spiro atoms. The Hall–Kier alpha value is -2.21. The molecule has 2 N–H and O–H groups in total. The van der Waals surface area contributed by atoms with Crippen LogP contribution in [0.3, 0.4) is 0 Å². The zero-order chi connectivity index (χ0) is 14.1. The number of H-pyrrole nitrogens is 1. The standard InChI is InChI=1S/C14H14N4OS/c1-8-12(9(2)18-17-8)6-14(19)16-11-3-4-13-10(5-11)7-15-20-13/h3-5,7H,6H2,1-2H3,(H,16,19)(H,17,18). The van der Waals surface area contributed by atoms with Gasteiger partial charge < -0.3 is 5.32 Å². The van der Waals surface area contributed by atoms with E-state index in [1.807, 2.05) is 32.0 Å². The Balaban J connectivity index is 1.75. The smallest absolute Gasteiger partial charge is 0.228 e. The number of aryl methyl sites for hydroxylation is 2. The molecule has 6 heteroatoms. The Morgan fingerprint density at radius 1 is 1.40 bits per heavy atom.